The van der Waals surface area contributed by atoms with E-state index in [2.05, 4.69) is 5.73 Å². The summed E-state index contributed by atoms with van der Waals surface area (Å²) in [4.78, 5) is 10.3. The molecule has 0 aromatic heterocycles. The Hall–Kier alpha value is -0.650. The number of aliphatic hydroxyl groups excluding tert-OH is 3. The molecule has 0 spiro atoms. The maximum Gasteiger partial charge on any atom is 0.248 e. The van der Waals surface area contributed by atoms with Crippen LogP contribution in [-0.4, -0.2) is 39.5 Å². The molecule has 11 heavy (non-hydrogen) atoms. The van der Waals surface area contributed by atoms with Gasteiger partial charge in [-0.25, -0.2) is 0 Å². The predicted molar refractivity (Wildman–Crippen MR) is 37.5 cm³/mol. The van der Waals surface area contributed by atoms with E-state index in [1.54, 1.807) is 0 Å². The van der Waals surface area contributed by atoms with Crippen LogP contribution in [0.3, 0.4) is 0 Å². The molecule has 1 amide bonds. The number of carbonyl (C=O) groups excluding carboxylic acids is 1. The molecular weight excluding hydrogens is 150 g/mol. The number of amides is 1. The highest BCUT2D eigenvalue weighted by atomic mass is 16.3. The molecule has 0 unspecified atom stereocenters. The van der Waals surface area contributed by atoms with Crippen molar-refractivity contribution in [3.8, 4) is 0 Å². The SMILES string of the molecule is C[C@H](O)C[C@@H](O)[C@H](O)C(N)=O. The molecule has 5 N–H and O–H groups in total. The fourth-order valence-corrected chi connectivity index (χ4v) is 0.668. The van der Waals surface area contributed by atoms with Crippen molar-refractivity contribution < 1.29 is 20.1 Å². The third kappa shape index (κ3) is 3.92. The van der Waals surface area contributed by atoms with Gasteiger partial charge in [-0.1, -0.05) is 0 Å². The lowest BCUT2D eigenvalue weighted by Gasteiger charge is -2.15. The molecule has 0 fully saturated rings. The van der Waals surface area contributed by atoms with Gasteiger partial charge in [0.2, 0.25) is 5.91 Å². The summed E-state index contributed by atoms with van der Waals surface area (Å²) in [7, 11) is 0. The summed E-state index contributed by atoms with van der Waals surface area (Å²) >= 11 is 0. The summed E-state index contributed by atoms with van der Waals surface area (Å²) in [6.45, 7) is 1.44. The molecule has 5 heteroatoms. The van der Waals surface area contributed by atoms with Crippen molar-refractivity contribution in [2.24, 2.45) is 5.73 Å². The third-order valence-corrected chi connectivity index (χ3v) is 1.24. The largest absolute Gasteiger partial charge is 0.393 e. The first kappa shape index (κ1) is 10.3. The Kier molecular flexibility index (Phi) is 4.02. The molecule has 0 aromatic rings. The van der Waals surface area contributed by atoms with Gasteiger partial charge in [-0.15, -0.1) is 0 Å². The number of aliphatic hydroxyl groups is 3. The van der Waals surface area contributed by atoms with Crippen LogP contribution in [0.4, 0.5) is 0 Å². The summed E-state index contributed by atoms with van der Waals surface area (Å²) in [6.07, 6.45) is -3.71. The summed E-state index contributed by atoms with van der Waals surface area (Å²) in [5.41, 5.74) is 4.68. The van der Waals surface area contributed by atoms with Crippen LogP contribution >= 0.6 is 0 Å². The number of nitrogens with two attached hydrogens (primary N) is 1. The van der Waals surface area contributed by atoms with Crippen LogP contribution in [0.2, 0.25) is 0 Å². The molecule has 3 atom stereocenters. The fraction of sp³-hybridized carbons (Fsp3) is 0.833. The minimum Gasteiger partial charge on any atom is -0.393 e. The predicted octanol–water partition coefficient (Wildman–Crippen LogP) is -2.04. The number of carbonyl (C=O) groups is 1. The summed E-state index contributed by atoms with van der Waals surface area (Å²) in [6, 6.07) is 0. The van der Waals surface area contributed by atoms with E-state index in [1.807, 2.05) is 0 Å². The zero-order valence-electron chi connectivity index (χ0n) is 6.27. The van der Waals surface area contributed by atoms with E-state index in [0.29, 0.717) is 0 Å². The first-order valence-electron chi connectivity index (χ1n) is 3.28. The Balaban J connectivity index is 3.82. The van der Waals surface area contributed by atoms with Gasteiger partial charge in [0.05, 0.1) is 12.2 Å². The van der Waals surface area contributed by atoms with Crippen molar-refractivity contribution in [1.82, 2.24) is 0 Å². The summed E-state index contributed by atoms with van der Waals surface area (Å²) in [5, 5.41) is 26.5. The highest BCUT2D eigenvalue weighted by molar-refractivity contribution is 5.79. The molecular formula is C6H13NO4. The van der Waals surface area contributed by atoms with Gasteiger partial charge in [0.1, 0.15) is 0 Å². The van der Waals surface area contributed by atoms with Gasteiger partial charge < -0.3 is 21.1 Å². The molecule has 0 aliphatic heterocycles. The molecule has 0 saturated heterocycles. The smallest absolute Gasteiger partial charge is 0.248 e. The minimum atomic E-state index is -1.59. The van der Waals surface area contributed by atoms with Crippen LogP contribution in [0, 0.1) is 0 Å². The second-order valence-corrected chi connectivity index (χ2v) is 2.50. The van der Waals surface area contributed by atoms with Crippen molar-refractivity contribution in [3.63, 3.8) is 0 Å². The van der Waals surface area contributed by atoms with Crippen molar-refractivity contribution in [1.29, 1.82) is 0 Å². The summed E-state index contributed by atoms with van der Waals surface area (Å²) in [5.74, 6) is -0.988. The molecule has 0 aliphatic carbocycles. The Bertz CT molecular complexity index is 137. The van der Waals surface area contributed by atoms with E-state index in [4.69, 9.17) is 15.3 Å². The molecule has 66 valence electrons. The first-order chi connectivity index (χ1) is 4.95. The van der Waals surface area contributed by atoms with Crippen molar-refractivity contribution >= 4 is 5.91 Å². The standard InChI is InChI=1S/C6H13NO4/c1-3(8)2-4(9)5(10)6(7)11/h3-5,8-10H,2H2,1H3,(H2,7,11)/t3-,4+,5-/m0/s1. The van der Waals surface area contributed by atoms with Crippen molar-refractivity contribution in [2.45, 2.75) is 31.7 Å². The van der Waals surface area contributed by atoms with Gasteiger partial charge in [0.15, 0.2) is 6.10 Å². The lowest BCUT2D eigenvalue weighted by atomic mass is 10.1. The molecule has 0 bridgehead atoms. The third-order valence-electron chi connectivity index (χ3n) is 1.24. The molecule has 0 aliphatic rings. The van der Waals surface area contributed by atoms with Gasteiger partial charge in [0.25, 0.3) is 0 Å². The quantitative estimate of drug-likeness (QED) is 0.383. The van der Waals surface area contributed by atoms with Crippen molar-refractivity contribution in [3.05, 3.63) is 0 Å². The van der Waals surface area contributed by atoms with E-state index < -0.39 is 24.2 Å². The van der Waals surface area contributed by atoms with Gasteiger partial charge in [-0.3, -0.25) is 4.79 Å². The second-order valence-electron chi connectivity index (χ2n) is 2.50. The van der Waals surface area contributed by atoms with E-state index in [9.17, 15) is 4.79 Å². The zero-order valence-corrected chi connectivity index (χ0v) is 6.27. The van der Waals surface area contributed by atoms with Gasteiger partial charge in [-0.2, -0.15) is 0 Å². The van der Waals surface area contributed by atoms with E-state index >= 15 is 0 Å². The van der Waals surface area contributed by atoms with Crippen LogP contribution < -0.4 is 5.73 Å². The number of hydrogen-bond acceptors (Lipinski definition) is 4. The number of rotatable bonds is 4. The van der Waals surface area contributed by atoms with Gasteiger partial charge in [-0.05, 0) is 6.92 Å². The second kappa shape index (κ2) is 4.27. The maximum atomic E-state index is 10.3. The minimum absolute atomic E-state index is 0.0654. The Morgan fingerprint density at radius 2 is 1.91 bits per heavy atom. The highest BCUT2D eigenvalue weighted by Crippen LogP contribution is 2.01. The fourth-order valence-electron chi connectivity index (χ4n) is 0.668. The zero-order chi connectivity index (χ0) is 9.02. The Morgan fingerprint density at radius 1 is 1.45 bits per heavy atom. The molecule has 5 nitrogen and oxygen atoms in total. The Morgan fingerprint density at radius 3 is 2.18 bits per heavy atom. The average Bonchev–Trinajstić information content (AvgIpc) is 1.84. The highest BCUT2D eigenvalue weighted by Gasteiger charge is 2.22. The normalized spacial score (nSPS) is 18.9. The lowest BCUT2D eigenvalue weighted by Crippen LogP contribution is -2.40. The molecule has 0 saturated carbocycles. The number of hydrogen-bond donors (Lipinski definition) is 4. The topological polar surface area (TPSA) is 104 Å². The molecule has 0 heterocycles. The molecule has 0 aromatic carbocycles. The van der Waals surface area contributed by atoms with Gasteiger partial charge >= 0.3 is 0 Å². The summed E-state index contributed by atoms with van der Waals surface area (Å²) < 4.78 is 0. The van der Waals surface area contributed by atoms with Crippen LogP contribution in [0.25, 0.3) is 0 Å². The van der Waals surface area contributed by atoms with Crippen LogP contribution in [-0.2, 0) is 4.79 Å². The average molecular weight is 163 g/mol. The lowest BCUT2D eigenvalue weighted by molar-refractivity contribution is -0.132. The Labute approximate surface area is 64.4 Å². The monoisotopic (exact) mass is 163 g/mol. The number of primary amides is 1. The van der Waals surface area contributed by atoms with Crippen molar-refractivity contribution in [2.75, 3.05) is 0 Å². The van der Waals surface area contributed by atoms with Crippen LogP contribution in [0.5, 0.6) is 0 Å². The van der Waals surface area contributed by atoms with E-state index in [1.165, 1.54) is 6.92 Å². The first-order valence-corrected chi connectivity index (χ1v) is 3.28. The van der Waals surface area contributed by atoms with E-state index in [0.717, 1.165) is 0 Å². The molecule has 0 rings (SSSR count). The molecule has 0 radical (unpaired) electrons. The van der Waals surface area contributed by atoms with E-state index in [-0.39, 0.29) is 6.42 Å². The van der Waals surface area contributed by atoms with Gasteiger partial charge in [0, 0.05) is 6.42 Å². The van der Waals surface area contributed by atoms with Crippen LogP contribution in [0.1, 0.15) is 13.3 Å². The maximum absolute atomic E-state index is 10.3. The van der Waals surface area contributed by atoms with Crippen LogP contribution in [0.15, 0.2) is 0 Å².